The van der Waals surface area contributed by atoms with Gasteiger partial charge in [0.25, 0.3) is 0 Å². The van der Waals surface area contributed by atoms with Gasteiger partial charge < -0.3 is 14.5 Å². The summed E-state index contributed by atoms with van der Waals surface area (Å²) in [6.07, 6.45) is 1.33. The molecular formula is C22H27ClN4O2. The predicted molar refractivity (Wildman–Crippen MR) is 113 cm³/mol. The molecule has 0 spiro atoms. The van der Waals surface area contributed by atoms with Gasteiger partial charge in [-0.3, -0.25) is 4.79 Å². The summed E-state index contributed by atoms with van der Waals surface area (Å²) >= 11 is 6.53. The molecule has 0 atom stereocenters. The molecule has 2 saturated heterocycles. The maximum atomic E-state index is 13.7. The van der Waals surface area contributed by atoms with Crippen molar-refractivity contribution >= 4 is 23.3 Å². The van der Waals surface area contributed by atoms with Gasteiger partial charge in [0.05, 0.1) is 5.41 Å². The first-order valence-corrected chi connectivity index (χ1v) is 10.6. The van der Waals surface area contributed by atoms with Gasteiger partial charge in [-0.05, 0) is 38.3 Å². The molecule has 0 bridgehead atoms. The Hall–Kier alpha value is -2.18. The SMILES string of the molecule is Cc1cc(N2CCN(C(=O)C3(c4ccccc4Cl)CCOCC3)CC2)nc(C)n1. The summed E-state index contributed by atoms with van der Waals surface area (Å²) < 4.78 is 5.58. The maximum Gasteiger partial charge on any atom is 0.233 e. The molecule has 4 rings (SSSR count). The Morgan fingerprint density at radius 1 is 1.07 bits per heavy atom. The van der Waals surface area contributed by atoms with E-state index >= 15 is 0 Å². The second-order valence-electron chi connectivity index (χ2n) is 7.87. The van der Waals surface area contributed by atoms with Crippen LogP contribution in [0, 0.1) is 13.8 Å². The molecule has 2 aromatic rings. The molecule has 154 valence electrons. The van der Waals surface area contributed by atoms with Gasteiger partial charge in [-0.1, -0.05) is 29.8 Å². The van der Waals surface area contributed by atoms with Crippen LogP contribution >= 0.6 is 11.6 Å². The standard InChI is InChI=1S/C22H27ClN4O2/c1-16-15-20(25-17(2)24-16)26-9-11-27(12-10-26)21(28)22(7-13-29-14-8-22)18-5-3-4-6-19(18)23/h3-6,15H,7-14H2,1-2H3. The average molecular weight is 415 g/mol. The minimum atomic E-state index is -0.596. The molecule has 0 N–H and O–H groups in total. The maximum absolute atomic E-state index is 13.7. The number of rotatable bonds is 3. The first kappa shape index (κ1) is 20.1. The number of halogens is 1. The van der Waals surface area contributed by atoms with E-state index in [0.717, 1.165) is 36.0 Å². The zero-order valence-corrected chi connectivity index (χ0v) is 17.8. The van der Waals surface area contributed by atoms with Crippen LogP contribution in [0.15, 0.2) is 30.3 Å². The molecule has 2 aliphatic heterocycles. The minimum absolute atomic E-state index is 0.170. The fourth-order valence-electron chi connectivity index (χ4n) is 4.47. The minimum Gasteiger partial charge on any atom is -0.381 e. The molecule has 29 heavy (non-hydrogen) atoms. The van der Waals surface area contributed by atoms with E-state index in [9.17, 15) is 4.79 Å². The Bertz CT molecular complexity index is 870. The number of carbonyl (C=O) groups is 1. The van der Waals surface area contributed by atoms with Crippen LogP contribution in [0.1, 0.15) is 29.9 Å². The van der Waals surface area contributed by atoms with Crippen molar-refractivity contribution < 1.29 is 9.53 Å². The van der Waals surface area contributed by atoms with Crippen molar-refractivity contribution in [3.63, 3.8) is 0 Å². The number of nitrogens with zero attached hydrogens (tertiary/aromatic N) is 4. The molecule has 6 nitrogen and oxygen atoms in total. The third-order valence-electron chi connectivity index (χ3n) is 5.99. The van der Waals surface area contributed by atoms with Gasteiger partial charge in [-0.15, -0.1) is 0 Å². The number of benzene rings is 1. The fraction of sp³-hybridized carbons (Fsp3) is 0.500. The second-order valence-corrected chi connectivity index (χ2v) is 8.28. The number of aryl methyl sites for hydroxylation is 2. The van der Waals surface area contributed by atoms with Crippen LogP contribution in [-0.2, 0) is 14.9 Å². The fourth-order valence-corrected chi connectivity index (χ4v) is 4.78. The van der Waals surface area contributed by atoms with Crippen LogP contribution < -0.4 is 4.90 Å². The van der Waals surface area contributed by atoms with Crippen molar-refractivity contribution in [2.24, 2.45) is 0 Å². The highest BCUT2D eigenvalue weighted by atomic mass is 35.5. The molecular weight excluding hydrogens is 388 g/mol. The second kappa shape index (κ2) is 8.28. The summed E-state index contributed by atoms with van der Waals surface area (Å²) in [4.78, 5) is 26.9. The van der Waals surface area contributed by atoms with E-state index < -0.39 is 5.41 Å². The van der Waals surface area contributed by atoms with Gasteiger partial charge in [0.1, 0.15) is 11.6 Å². The molecule has 0 unspecified atom stereocenters. The van der Waals surface area contributed by atoms with E-state index in [4.69, 9.17) is 16.3 Å². The van der Waals surface area contributed by atoms with E-state index in [1.807, 2.05) is 49.1 Å². The number of hydrogen-bond acceptors (Lipinski definition) is 5. The molecule has 1 aromatic carbocycles. The molecule has 7 heteroatoms. The van der Waals surface area contributed by atoms with Gasteiger partial charge in [-0.25, -0.2) is 9.97 Å². The third-order valence-corrected chi connectivity index (χ3v) is 6.32. The first-order valence-electron chi connectivity index (χ1n) is 10.2. The van der Waals surface area contributed by atoms with E-state index in [0.29, 0.717) is 44.2 Å². The van der Waals surface area contributed by atoms with Crippen LogP contribution in [0.5, 0.6) is 0 Å². The summed E-state index contributed by atoms with van der Waals surface area (Å²) in [6, 6.07) is 9.75. The number of hydrogen-bond donors (Lipinski definition) is 0. The van der Waals surface area contributed by atoms with E-state index in [1.165, 1.54) is 0 Å². The molecule has 2 fully saturated rings. The summed E-state index contributed by atoms with van der Waals surface area (Å²) in [6.45, 7) is 7.92. The van der Waals surface area contributed by atoms with Crippen LogP contribution in [0.4, 0.5) is 5.82 Å². The lowest BCUT2D eigenvalue weighted by molar-refractivity contribution is -0.141. The molecule has 2 aliphatic rings. The van der Waals surface area contributed by atoms with Gasteiger partial charge in [-0.2, -0.15) is 0 Å². The topological polar surface area (TPSA) is 58.6 Å². The molecule has 3 heterocycles. The number of anilines is 1. The van der Waals surface area contributed by atoms with Crippen molar-refractivity contribution in [2.45, 2.75) is 32.1 Å². The van der Waals surface area contributed by atoms with Crippen molar-refractivity contribution in [3.05, 3.63) is 52.4 Å². The normalized spacial score (nSPS) is 19.3. The Morgan fingerprint density at radius 3 is 2.41 bits per heavy atom. The van der Waals surface area contributed by atoms with Gasteiger partial charge in [0, 0.05) is 56.2 Å². The van der Waals surface area contributed by atoms with Crippen LogP contribution in [-0.4, -0.2) is 60.2 Å². The Kier molecular flexibility index (Phi) is 5.74. The monoisotopic (exact) mass is 414 g/mol. The lowest BCUT2D eigenvalue weighted by atomic mass is 9.72. The predicted octanol–water partition coefficient (Wildman–Crippen LogP) is 3.14. The lowest BCUT2D eigenvalue weighted by Gasteiger charge is -2.43. The Labute approximate surface area is 176 Å². The molecule has 0 aliphatic carbocycles. The summed E-state index contributed by atoms with van der Waals surface area (Å²) in [5.41, 5.74) is 1.30. The molecule has 1 aromatic heterocycles. The molecule has 0 radical (unpaired) electrons. The molecule has 1 amide bonds. The Balaban J connectivity index is 1.53. The van der Waals surface area contributed by atoms with E-state index in [-0.39, 0.29) is 5.91 Å². The largest absolute Gasteiger partial charge is 0.381 e. The van der Waals surface area contributed by atoms with Gasteiger partial charge in [0.15, 0.2) is 0 Å². The average Bonchev–Trinajstić information content (AvgIpc) is 2.73. The number of ether oxygens (including phenoxy) is 1. The summed E-state index contributed by atoms with van der Waals surface area (Å²) in [5.74, 6) is 1.89. The van der Waals surface area contributed by atoms with Crippen LogP contribution in [0.2, 0.25) is 5.02 Å². The van der Waals surface area contributed by atoms with Gasteiger partial charge in [0.2, 0.25) is 5.91 Å². The zero-order chi connectivity index (χ0) is 20.4. The smallest absolute Gasteiger partial charge is 0.233 e. The van der Waals surface area contributed by atoms with Crippen molar-refractivity contribution in [2.75, 3.05) is 44.3 Å². The third kappa shape index (κ3) is 3.96. The van der Waals surface area contributed by atoms with Crippen LogP contribution in [0.3, 0.4) is 0 Å². The lowest BCUT2D eigenvalue weighted by Crippen LogP contribution is -2.56. The quantitative estimate of drug-likeness (QED) is 0.772. The Morgan fingerprint density at radius 2 is 1.76 bits per heavy atom. The zero-order valence-electron chi connectivity index (χ0n) is 17.0. The summed E-state index contributed by atoms with van der Waals surface area (Å²) in [5, 5.41) is 0.660. The first-order chi connectivity index (χ1) is 14.0. The summed E-state index contributed by atoms with van der Waals surface area (Å²) in [7, 11) is 0. The van der Waals surface area contributed by atoms with Gasteiger partial charge >= 0.3 is 0 Å². The highest BCUT2D eigenvalue weighted by molar-refractivity contribution is 6.31. The van der Waals surface area contributed by atoms with E-state index in [1.54, 1.807) is 0 Å². The van der Waals surface area contributed by atoms with E-state index in [2.05, 4.69) is 14.9 Å². The van der Waals surface area contributed by atoms with Crippen molar-refractivity contribution in [1.29, 1.82) is 0 Å². The number of piperazine rings is 1. The van der Waals surface area contributed by atoms with Crippen LogP contribution in [0.25, 0.3) is 0 Å². The highest BCUT2D eigenvalue weighted by Gasteiger charge is 2.45. The number of carbonyl (C=O) groups excluding carboxylic acids is 1. The van der Waals surface area contributed by atoms with Crippen molar-refractivity contribution in [1.82, 2.24) is 14.9 Å². The van der Waals surface area contributed by atoms with Crippen molar-refractivity contribution in [3.8, 4) is 0 Å². The number of amides is 1. The molecule has 0 saturated carbocycles. The highest BCUT2D eigenvalue weighted by Crippen LogP contribution is 2.40. The number of aromatic nitrogens is 2.